The van der Waals surface area contributed by atoms with Crippen LogP contribution in [0, 0.1) is 0 Å². The highest BCUT2D eigenvalue weighted by molar-refractivity contribution is 7.91. The topological polar surface area (TPSA) is 75.7 Å². The summed E-state index contributed by atoms with van der Waals surface area (Å²) in [6, 6.07) is -0.139. The fourth-order valence-corrected chi connectivity index (χ4v) is 4.20. The van der Waals surface area contributed by atoms with Crippen LogP contribution in [0.5, 0.6) is 0 Å². The lowest BCUT2D eigenvalue weighted by Crippen LogP contribution is -2.50. The molecule has 1 heterocycles. The maximum absolute atomic E-state index is 11.9. The maximum atomic E-state index is 11.9. The molecule has 7 heteroatoms. The van der Waals surface area contributed by atoms with Gasteiger partial charge in [-0.2, -0.15) is 0 Å². The van der Waals surface area contributed by atoms with E-state index in [2.05, 4.69) is 10.2 Å². The predicted molar refractivity (Wildman–Crippen MR) is 83.0 cm³/mol. The Morgan fingerprint density at radius 2 is 2.10 bits per heavy atom. The number of carbonyl (C=O) groups is 1. The highest BCUT2D eigenvalue weighted by Gasteiger charge is 2.29. The molecule has 0 aromatic heterocycles. The van der Waals surface area contributed by atoms with Crippen LogP contribution in [-0.2, 0) is 19.4 Å². The van der Waals surface area contributed by atoms with Crippen LogP contribution in [-0.4, -0.2) is 68.6 Å². The van der Waals surface area contributed by atoms with Crippen molar-refractivity contribution >= 4 is 15.8 Å². The molecule has 0 aromatic carbocycles. The first kappa shape index (κ1) is 18.4. The standard InChI is InChI=1S/C14H28N2O4S/c1-5-20-14(17)13(15-11(2)3)6-7-16-8-9-21(18,19)10-12(16)4/h11-13,15H,5-10H2,1-4H3. The normalized spacial score (nSPS) is 24.0. The van der Waals surface area contributed by atoms with Crippen molar-refractivity contribution in [1.29, 1.82) is 0 Å². The Morgan fingerprint density at radius 1 is 1.43 bits per heavy atom. The largest absolute Gasteiger partial charge is 0.465 e. The van der Waals surface area contributed by atoms with Crippen LogP contribution in [0.15, 0.2) is 0 Å². The van der Waals surface area contributed by atoms with Gasteiger partial charge in [0.2, 0.25) is 0 Å². The van der Waals surface area contributed by atoms with Crippen LogP contribution in [0.4, 0.5) is 0 Å². The van der Waals surface area contributed by atoms with Crippen LogP contribution >= 0.6 is 0 Å². The van der Waals surface area contributed by atoms with Gasteiger partial charge >= 0.3 is 5.97 Å². The minimum atomic E-state index is -2.90. The van der Waals surface area contributed by atoms with E-state index in [1.807, 2.05) is 20.8 Å². The molecule has 1 saturated heterocycles. The molecule has 0 amide bonds. The van der Waals surface area contributed by atoms with Crippen LogP contribution in [0.1, 0.15) is 34.1 Å². The van der Waals surface area contributed by atoms with E-state index >= 15 is 0 Å². The Hall–Kier alpha value is -0.660. The third-order valence-corrected chi connectivity index (χ3v) is 5.41. The van der Waals surface area contributed by atoms with Crippen molar-refractivity contribution in [2.24, 2.45) is 0 Å². The third-order valence-electron chi connectivity index (χ3n) is 3.62. The maximum Gasteiger partial charge on any atom is 0.323 e. The average Bonchev–Trinajstić information content (AvgIpc) is 2.35. The molecule has 1 aliphatic rings. The Labute approximate surface area is 128 Å². The van der Waals surface area contributed by atoms with Crippen molar-refractivity contribution < 1.29 is 17.9 Å². The van der Waals surface area contributed by atoms with Crippen molar-refractivity contribution in [3.63, 3.8) is 0 Å². The number of carbonyl (C=O) groups excluding carboxylic acids is 1. The lowest BCUT2D eigenvalue weighted by Gasteiger charge is -2.34. The number of rotatable bonds is 7. The molecule has 0 aromatic rings. The third kappa shape index (κ3) is 6.32. The zero-order valence-corrected chi connectivity index (χ0v) is 14.3. The molecular formula is C14H28N2O4S. The van der Waals surface area contributed by atoms with Gasteiger partial charge in [0.25, 0.3) is 0 Å². The van der Waals surface area contributed by atoms with Gasteiger partial charge in [0.15, 0.2) is 9.84 Å². The van der Waals surface area contributed by atoms with E-state index in [0.29, 0.717) is 26.1 Å². The Morgan fingerprint density at radius 3 is 2.62 bits per heavy atom. The van der Waals surface area contributed by atoms with Gasteiger partial charge in [-0.3, -0.25) is 9.69 Å². The fourth-order valence-electron chi connectivity index (χ4n) is 2.57. The monoisotopic (exact) mass is 320 g/mol. The highest BCUT2D eigenvalue weighted by Crippen LogP contribution is 2.13. The summed E-state index contributed by atoms with van der Waals surface area (Å²) in [4.78, 5) is 14.1. The molecule has 1 fully saturated rings. The van der Waals surface area contributed by atoms with Crippen molar-refractivity contribution in [1.82, 2.24) is 10.2 Å². The second kappa shape index (κ2) is 8.10. The second-order valence-electron chi connectivity index (χ2n) is 5.91. The molecule has 0 radical (unpaired) electrons. The van der Waals surface area contributed by atoms with Gasteiger partial charge in [-0.05, 0) is 20.3 Å². The summed E-state index contributed by atoms with van der Waals surface area (Å²) in [5, 5.41) is 3.22. The van der Waals surface area contributed by atoms with Gasteiger partial charge in [-0.15, -0.1) is 0 Å². The predicted octanol–water partition coefficient (Wildman–Crippen LogP) is 0.425. The van der Waals surface area contributed by atoms with Gasteiger partial charge in [-0.1, -0.05) is 13.8 Å². The summed E-state index contributed by atoms with van der Waals surface area (Å²) in [6.45, 7) is 9.30. The molecule has 0 spiro atoms. The van der Waals surface area contributed by atoms with Crippen LogP contribution in [0.3, 0.4) is 0 Å². The number of sulfone groups is 1. The number of ether oxygens (including phenoxy) is 1. The first-order valence-corrected chi connectivity index (χ1v) is 9.44. The first-order chi connectivity index (χ1) is 9.75. The lowest BCUT2D eigenvalue weighted by atomic mass is 10.1. The summed E-state index contributed by atoms with van der Waals surface area (Å²) in [7, 11) is -2.90. The van der Waals surface area contributed by atoms with E-state index in [1.54, 1.807) is 6.92 Å². The van der Waals surface area contributed by atoms with E-state index in [0.717, 1.165) is 0 Å². The van der Waals surface area contributed by atoms with Crippen molar-refractivity contribution in [3.8, 4) is 0 Å². The van der Waals surface area contributed by atoms with E-state index in [1.165, 1.54) is 0 Å². The molecule has 1 N–H and O–H groups in total. The molecule has 0 saturated carbocycles. The molecule has 1 rings (SSSR count). The smallest absolute Gasteiger partial charge is 0.323 e. The van der Waals surface area contributed by atoms with E-state index in [4.69, 9.17) is 4.74 Å². The molecule has 2 unspecified atom stereocenters. The molecule has 2 atom stereocenters. The Bertz CT molecular complexity index is 436. The van der Waals surface area contributed by atoms with E-state index in [9.17, 15) is 13.2 Å². The number of esters is 1. The van der Waals surface area contributed by atoms with E-state index < -0.39 is 9.84 Å². The number of nitrogens with zero attached hydrogens (tertiary/aromatic N) is 1. The van der Waals surface area contributed by atoms with Gasteiger partial charge in [0.1, 0.15) is 6.04 Å². The van der Waals surface area contributed by atoms with Gasteiger partial charge in [0.05, 0.1) is 18.1 Å². The quantitative estimate of drug-likeness (QED) is 0.686. The summed E-state index contributed by atoms with van der Waals surface area (Å²) in [6.07, 6.45) is 0.626. The Balaban J connectivity index is 2.54. The number of hydrogen-bond donors (Lipinski definition) is 1. The lowest BCUT2D eigenvalue weighted by molar-refractivity contribution is -0.146. The number of hydrogen-bond acceptors (Lipinski definition) is 6. The first-order valence-electron chi connectivity index (χ1n) is 7.62. The van der Waals surface area contributed by atoms with Gasteiger partial charge < -0.3 is 10.1 Å². The SMILES string of the molecule is CCOC(=O)C(CCN1CCS(=O)(=O)CC1C)NC(C)C. The van der Waals surface area contributed by atoms with Gasteiger partial charge in [-0.25, -0.2) is 8.42 Å². The summed E-state index contributed by atoms with van der Waals surface area (Å²) in [5.74, 6) is 0.178. The van der Waals surface area contributed by atoms with Crippen LogP contribution < -0.4 is 5.32 Å². The zero-order valence-electron chi connectivity index (χ0n) is 13.5. The molecule has 0 bridgehead atoms. The minimum Gasteiger partial charge on any atom is -0.465 e. The summed E-state index contributed by atoms with van der Waals surface area (Å²) in [5.41, 5.74) is 0. The average molecular weight is 320 g/mol. The molecule has 0 aliphatic carbocycles. The Kier molecular flexibility index (Phi) is 7.09. The van der Waals surface area contributed by atoms with Crippen molar-refractivity contribution in [2.45, 2.75) is 52.2 Å². The van der Waals surface area contributed by atoms with Crippen LogP contribution in [0.2, 0.25) is 0 Å². The minimum absolute atomic E-state index is 0.00523. The number of nitrogens with one attached hydrogen (secondary N) is 1. The van der Waals surface area contributed by atoms with Crippen LogP contribution in [0.25, 0.3) is 0 Å². The second-order valence-corrected chi connectivity index (χ2v) is 8.14. The molecule has 21 heavy (non-hydrogen) atoms. The zero-order chi connectivity index (χ0) is 16.0. The van der Waals surface area contributed by atoms with Crippen molar-refractivity contribution in [3.05, 3.63) is 0 Å². The van der Waals surface area contributed by atoms with Gasteiger partial charge in [0, 0.05) is 25.2 Å². The molecule has 6 nitrogen and oxygen atoms in total. The summed E-state index contributed by atoms with van der Waals surface area (Å²) >= 11 is 0. The summed E-state index contributed by atoms with van der Waals surface area (Å²) < 4.78 is 28.2. The van der Waals surface area contributed by atoms with Crippen molar-refractivity contribution in [2.75, 3.05) is 31.2 Å². The molecule has 1 aliphatic heterocycles. The highest BCUT2D eigenvalue weighted by atomic mass is 32.2. The molecular weight excluding hydrogens is 292 g/mol. The molecule has 124 valence electrons. The van der Waals surface area contributed by atoms with E-state index in [-0.39, 0.29) is 35.6 Å². The fraction of sp³-hybridized carbons (Fsp3) is 0.929.